The van der Waals surface area contributed by atoms with Crippen LogP contribution in [0.5, 0.6) is 11.5 Å². The molecule has 5 nitrogen and oxygen atoms in total. The van der Waals surface area contributed by atoms with Crippen LogP contribution in [0.1, 0.15) is 50.7 Å². The molecular formula is C21H29NO4. The van der Waals surface area contributed by atoms with Crippen molar-refractivity contribution in [3.05, 3.63) is 23.3 Å². The Morgan fingerprint density at radius 3 is 2.73 bits per heavy atom. The normalized spacial score (nSPS) is 37.3. The molecule has 0 saturated heterocycles. The Morgan fingerprint density at radius 1 is 1.35 bits per heavy atom. The molecule has 1 aromatic rings. The maximum atomic E-state index is 13.2. The van der Waals surface area contributed by atoms with Gasteiger partial charge in [-0.05, 0) is 44.9 Å². The summed E-state index contributed by atoms with van der Waals surface area (Å²) < 4.78 is 18.5. The number of carbonyl (C=O) groups excluding carboxylic acids is 1. The number of carbonyl (C=O) groups is 1. The minimum atomic E-state index is -0.932. The van der Waals surface area contributed by atoms with Crippen LogP contribution in [0.4, 0.5) is 0 Å². The molecule has 5 heteroatoms. The van der Waals surface area contributed by atoms with Crippen LogP contribution in [0.3, 0.4) is 0 Å². The lowest BCUT2D eigenvalue weighted by molar-refractivity contribution is -0.190. The van der Waals surface area contributed by atoms with Gasteiger partial charge >= 0.3 is 0 Å². The molecule has 2 unspecified atom stereocenters. The minimum absolute atomic E-state index is 0.127. The smallest absolute Gasteiger partial charge is 0.177 e. The highest BCUT2D eigenvalue weighted by Crippen LogP contribution is 2.67. The van der Waals surface area contributed by atoms with Crippen LogP contribution in [-0.4, -0.2) is 44.3 Å². The highest BCUT2D eigenvalue weighted by molar-refractivity contribution is 5.94. The predicted molar refractivity (Wildman–Crippen MR) is 99.1 cm³/mol. The van der Waals surface area contributed by atoms with Crippen molar-refractivity contribution >= 4 is 5.78 Å². The molecule has 0 amide bonds. The SMILES string of the molecule is CCC[C@]12c3c4ccc(OC)c3O[C@@]1(C)C(=O)CCC2(OC)C(NC)C4. The van der Waals surface area contributed by atoms with Crippen molar-refractivity contribution in [3.63, 3.8) is 0 Å². The molecule has 0 bridgehead atoms. The van der Waals surface area contributed by atoms with Crippen molar-refractivity contribution in [1.82, 2.24) is 5.32 Å². The fraction of sp³-hybridized carbons (Fsp3) is 0.667. The van der Waals surface area contributed by atoms with Crippen LogP contribution in [0, 0.1) is 0 Å². The van der Waals surface area contributed by atoms with Crippen molar-refractivity contribution in [2.45, 2.75) is 68.6 Å². The third-order valence-electron chi connectivity index (χ3n) is 7.28. The van der Waals surface area contributed by atoms with Crippen LogP contribution in [0.15, 0.2) is 12.1 Å². The molecule has 1 heterocycles. The molecule has 1 saturated carbocycles. The molecule has 2 aliphatic carbocycles. The van der Waals surface area contributed by atoms with Gasteiger partial charge in [-0.25, -0.2) is 0 Å². The highest BCUT2D eigenvalue weighted by atomic mass is 16.5. The summed E-state index contributed by atoms with van der Waals surface area (Å²) in [5, 5.41) is 3.50. The van der Waals surface area contributed by atoms with Gasteiger partial charge in [0.15, 0.2) is 22.9 Å². The number of hydrogen-bond donors (Lipinski definition) is 1. The van der Waals surface area contributed by atoms with Gasteiger partial charge in [0.25, 0.3) is 0 Å². The number of Topliss-reactive ketones (excluding diaryl/α,β-unsaturated/α-hetero) is 1. The van der Waals surface area contributed by atoms with E-state index in [4.69, 9.17) is 14.2 Å². The summed E-state index contributed by atoms with van der Waals surface area (Å²) in [5.74, 6) is 1.61. The van der Waals surface area contributed by atoms with Crippen molar-refractivity contribution in [2.75, 3.05) is 21.3 Å². The van der Waals surface area contributed by atoms with E-state index in [1.54, 1.807) is 14.2 Å². The van der Waals surface area contributed by atoms with E-state index in [9.17, 15) is 4.79 Å². The summed E-state index contributed by atoms with van der Waals surface area (Å²) in [6.07, 6.45) is 3.83. The maximum Gasteiger partial charge on any atom is 0.177 e. The Balaban J connectivity index is 2.12. The molecule has 1 aromatic carbocycles. The number of hydrogen-bond acceptors (Lipinski definition) is 5. The van der Waals surface area contributed by atoms with E-state index in [-0.39, 0.29) is 11.8 Å². The van der Waals surface area contributed by atoms with E-state index < -0.39 is 16.6 Å². The lowest BCUT2D eigenvalue weighted by Crippen LogP contribution is -2.77. The van der Waals surface area contributed by atoms with Gasteiger partial charge in [0, 0.05) is 25.1 Å². The summed E-state index contributed by atoms with van der Waals surface area (Å²) in [6.45, 7) is 4.14. The van der Waals surface area contributed by atoms with E-state index in [0.717, 1.165) is 30.6 Å². The second-order valence-corrected chi connectivity index (χ2v) is 7.98. The fourth-order valence-electron chi connectivity index (χ4n) is 6.26. The van der Waals surface area contributed by atoms with Crippen LogP contribution < -0.4 is 14.8 Å². The van der Waals surface area contributed by atoms with Crippen LogP contribution >= 0.6 is 0 Å². The number of nitrogens with one attached hydrogen (secondary N) is 1. The van der Waals surface area contributed by atoms with Crippen molar-refractivity contribution < 1.29 is 19.0 Å². The standard InChI is InChI=1S/C21H29NO4/c1-6-10-20-17-13-7-8-14(24-4)18(17)26-19(20,2)16(23)9-11-21(20,25-5)15(12-13)22-3/h7-8,15,22H,6,9-12H2,1-5H3/t15?,19-,20-,21?/m0/s1. The number of benzene rings is 1. The van der Waals surface area contributed by atoms with Gasteiger partial charge in [0.1, 0.15) is 0 Å². The van der Waals surface area contributed by atoms with Gasteiger partial charge in [-0.2, -0.15) is 0 Å². The Bertz CT molecular complexity index is 763. The van der Waals surface area contributed by atoms with Gasteiger partial charge in [0.2, 0.25) is 0 Å². The Kier molecular flexibility index (Phi) is 3.90. The highest BCUT2D eigenvalue weighted by Gasteiger charge is 2.76. The summed E-state index contributed by atoms with van der Waals surface area (Å²) in [7, 11) is 5.44. The molecule has 1 fully saturated rings. The Morgan fingerprint density at radius 2 is 2.12 bits per heavy atom. The summed E-state index contributed by atoms with van der Waals surface area (Å²) in [6, 6.07) is 4.22. The van der Waals surface area contributed by atoms with E-state index >= 15 is 0 Å². The second kappa shape index (κ2) is 5.70. The zero-order valence-corrected chi connectivity index (χ0v) is 16.4. The molecule has 142 valence electrons. The largest absolute Gasteiger partial charge is 0.493 e. The van der Waals surface area contributed by atoms with Gasteiger partial charge in [-0.1, -0.05) is 19.4 Å². The maximum absolute atomic E-state index is 13.2. The number of ketones is 1. The molecule has 4 atom stereocenters. The topological polar surface area (TPSA) is 56.8 Å². The van der Waals surface area contributed by atoms with Gasteiger partial charge in [-0.15, -0.1) is 0 Å². The van der Waals surface area contributed by atoms with Crippen molar-refractivity contribution in [2.24, 2.45) is 0 Å². The molecular weight excluding hydrogens is 330 g/mol. The molecule has 0 spiro atoms. The molecule has 1 aliphatic heterocycles. The predicted octanol–water partition coefficient (Wildman–Crippen LogP) is 2.78. The summed E-state index contributed by atoms with van der Waals surface area (Å²) >= 11 is 0. The average molecular weight is 359 g/mol. The molecule has 1 N–H and O–H groups in total. The molecule has 4 rings (SSSR count). The van der Waals surface area contributed by atoms with Crippen LogP contribution in [0.25, 0.3) is 0 Å². The third-order valence-corrected chi connectivity index (χ3v) is 7.28. The van der Waals surface area contributed by atoms with Crippen LogP contribution in [-0.2, 0) is 21.4 Å². The molecule has 3 aliphatic rings. The van der Waals surface area contributed by atoms with Crippen molar-refractivity contribution in [1.29, 1.82) is 0 Å². The second-order valence-electron chi connectivity index (χ2n) is 7.98. The monoisotopic (exact) mass is 359 g/mol. The fourth-order valence-corrected chi connectivity index (χ4v) is 6.26. The zero-order chi connectivity index (χ0) is 18.7. The molecule has 26 heavy (non-hydrogen) atoms. The first-order valence-electron chi connectivity index (χ1n) is 9.60. The Hall–Kier alpha value is -1.59. The van der Waals surface area contributed by atoms with E-state index in [1.165, 1.54) is 5.56 Å². The number of likely N-dealkylation sites (N-methyl/N-ethyl adjacent to an activating group) is 1. The number of ether oxygens (including phenoxy) is 3. The molecule has 0 radical (unpaired) electrons. The average Bonchev–Trinajstić information content (AvgIpc) is 2.93. The van der Waals surface area contributed by atoms with Gasteiger partial charge in [0.05, 0.1) is 18.1 Å². The first-order chi connectivity index (χ1) is 12.5. The lowest BCUT2D eigenvalue weighted by Gasteiger charge is -2.61. The first kappa shape index (κ1) is 17.8. The van der Waals surface area contributed by atoms with Crippen molar-refractivity contribution in [3.8, 4) is 11.5 Å². The van der Waals surface area contributed by atoms with E-state index in [1.807, 2.05) is 20.0 Å². The van der Waals surface area contributed by atoms with Gasteiger partial charge in [-0.3, -0.25) is 4.79 Å². The first-order valence-corrected chi connectivity index (χ1v) is 9.60. The molecule has 0 aromatic heterocycles. The lowest BCUT2D eigenvalue weighted by atomic mass is 9.46. The minimum Gasteiger partial charge on any atom is -0.493 e. The quantitative estimate of drug-likeness (QED) is 0.876. The summed E-state index contributed by atoms with van der Waals surface area (Å²) in [4.78, 5) is 13.2. The van der Waals surface area contributed by atoms with Gasteiger partial charge < -0.3 is 19.5 Å². The Labute approximate surface area is 155 Å². The van der Waals surface area contributed by atoms with E-state index in [0.29, 0.717) is 18.6 Å². The number of rotatable bonds is 5. The zero-order valence-electron chi connectivity index (χ0n) is 16.4. The summed E-state index contributed by atoms with van der Waals surface area (Å²) in [5.41, 5.74) is 0.454. The number of methoxy groups -OCH3 is 2. The third kappa shape index (κ3) is 1.71. The van der Waals surface area contributed by atoms with Crippen LogP contribution in [0.2, 0.25) is 0 Å². The van der Waals surface area contributed by atoms with E-state index in [2.05, 4.69) is 18.3 Å².